The predicted molar refractivity (Wildman–Crippen MR) is 66.8 cm³/mol. The second-order valence-corrected chi connectivity index (χ2v) is 4.47. The van der Waals surface area contributed by atoms with Crippen LogP contribution in [0.2, 0.25) is 0 Å². The molecule has 0 aliphatic rings. The first kappa shape index (κ1) is 13.6. The van der Waals surface area contributed by atoms with Crippen molar-refractivity contribution in [2.75, 3.05) is 24.2 Å². The molecule has 0 aromatic heterocycles. The lowest BCUT2D eigenvalue weighted by Gasteiger charge is -2.20. The van der Waals surface area contributed by atoms with Crippen molar-refractivity contribution in [3.05, 3.63) is 17.9 Å². The predicted octanol–water partition coefficient (Wildman–Crippen LogP) is 1.99. The third-order valence-corrected chi connectivity index (χ3v) is 2.12. The highest BCUT2D eigenvalue weighted by Gasteiger charge is 2.14. The van der Waals surface area contributed by atoms with Gasteiger partial charge in [-0.25, -0.2) is 4.39 Å². The van der Waals surface area contributed by atoms with E-state index in [-0.39, 0.29) is 11.4 Å². The zero-order chi connectivity index (χ0) is 13.1. The maximum Gasteiger partial charge on any atom is 0.167 e. The molecule has 0 spiro atoms. The topological polar surface area (TPSA) is 67.5 Å². The van der Waals surface area contributed by atoms with Crippen molar-refractivity contribution in [2.45, 2.75) is 26.4 Å². The van der Waals surface area contributed by atoms with Crippen LogP contribution in [0.5, 0.6) is 5.75 Å². The van der Waals surface area contributed by atoms with Crippen LogP contribution in [0.4, 0.5) is 15.8 Å². The number of benzene rings is 1. The van der Waals surface area contributed by atoms with Crippen molar-refractivity contribution in [2.24, 2.45) is 0 Å². The van der Waals surface area contributed by atoms with Gasteiger partial charge in [0, 0.05) is 18.7 Å². The van der Waals surface area contributed by atoms with Gasteiger partial charge < -0.3 is 20.9 Å². The number of nitrogens with one attached hydrogen (secondary N) is 1. The Labute approximate surface area is 101 Å². The van der Waals surface area contributed by atoms with E-state index in [2.05, 4.69) is 5.32 Å². The summed E-state index contributed by atoms with van der Waals surface area (Å²) in [5.41, 5.74) is 5.65. The van der Waals surface area contributed by atoms with Crippen LogP contribution in [0.3, 0.4) is 0 Å². The zero-order valence-electron chi connectivity index (χ0n) is 10.4. The van der Waals surface area contributed by atoms with Gasteiger partial charge in [-0.15, -0.1) is 0 Å². The molecule has 0 heterocycles. The lowest BCUT2D eigenvalue weighted by molar-refractivity contribution is 0.0945. The molecular weight excluding hydrogens is 223 g/mol. The van der Waals surface area contributed by atoms with Crippen molar-refractivity contribution in [3.63, 3.8) is 0 Å². The van der Waals surface area contributed by atoms with Gasteiger partial charge >= 0.3 is 0 Å². The monoisotopic (exact) mass is 242 g/mol. The highest BCUT2D eigenvalue weighted by Crippen LogP contribution is 2.28. The van der Waals surface area contributed by atoms with Crippen LogP contribution in [0.15, 0.2) is 12.1 Å². The lowest BCUT2D eigenvalue weighted by atomic mass is 10.1. The minimum absolute atomic E-state index is 0.153. The van der Waals surface area contributed by atoms with E-state index in [0.29, 0.717) is 18.8 Å². The SMILES string of the molecule is CCOc1cc(NCC(C)(C)O)c(N)cc1F. The van der Waals surface area contributed by atoms with Crippen LogP contribution in [-0.4, -0.2) is 23.9 Å². The Morgan fingerprint density at radius 1 is 1.47 bits per heavy atom. The molecule has 0 amide bonds. The van der Waals surface area contributed by atoms with E-state index in [9.17, 15) is 9.50 Å². The van der Waals surface area contributed by atoms with Crippen LogP contribution in [0.25, 0.3) is 0 Å². The van der Waals surface area contributed by atoms with E-state index >= 15 is 0 Å². The zero-order valence-corrected chi connectivity index (χ0v) is 10.4. The molecule has 5 heteroatoms. The maximum absolute atomic E-state index is 13.4. The van der Waals surface area contributed by atoms with Crippen LogP contribution in [-0.2, 0) is 0 Å². The summed E-state index contributed by atoms with van der Waals surface area (Å²) in [7, 11) is 0. The Morgan fingerprint density at radius 2 is 2.12 bits per heavy atom. The molecule has 0 saturated heterocycles. The molecule has 0 bridgehead atoms. The van der Waals surface area contributed by atoms with Gasteiger partial charge in [0.05, 0.1) is 23.6 Å². The summed E-state index contributed by atoms with van der Waals surface area (Å²) in [6.45, 7) is 5.81. The molecular formula is C12H19FN2O2. The molecule has 0 fully saturated rings. The summed E-state index contributed by atoms with van der Waals surface area (Å²) in [6.07, 6.45) is 0. The molecule has 1 rings (SSSR count). The average Bonchev–Trinajstić information content (AvgIpc) is 2.19. The van der Waals surface area contributed by atoms with Gasteiger partial charge in [0.15, 0.2) is 11.6 Å². The number of rotatable bonds is 5. The second kappa shape index (κ2) is 5.23. The van der Waals surface area contributed by atoms with Crippen LogP contribution in [0, 0.1) is 5.82 Å². The molecule has 0 atom stereocenters. The van der Waals surface area contributed by atoms with Gasteiger partial charge in [0.2, 0.25) is 0 Å². The van der Waals surface area contributed by atoms with Crippen molar-refractivity contribution in [3.8, 4) is 5.75 Å². The molecule has 1 aromatic carbocycles. The Kier molecular flexibility index (Phi) is 4.17. The number of nitrogens with two attached hydrogens (primary N) is 1. The number of hydrogen-bond acceptors (Lipinski definition) is 4. The van der Waals surface area contributed by atoms with E-state index in [1.807, 2.05) is 0 Å². The molecule has 4 nitrogen and oxygen atoms in total. The highest BCUT2D eigenvalue weighted by atomic mass is 19.1. The minimum atomic E-state index is -0.868. The van der Waals surface area contributed by atoms with Crippen LogP contribution < -0.4 is 15.8 Å². The van der Waals surface area contributed by atoms with Gasteiger partial charge in [-0.2, -0.15) is 0 Å². The fourth-order valence-corrected chi connectivity index (χ4v) is 1.30. The molecule has 1 aromatic rings. The first-order valence-electron chi connectivity index (χ1n) is 5.51. The average molecular weight is 242 g/mol. The number of aliphatic hydroxyl groups is 1. The first-order valence-corrected chi connectivity index (χ1v) is 5.51. The largest absolute Gasteiger partial charge is 0.491 e. The van der Waals surface area contributed by atoms with Gasteiger partial charge in [0.1, 0.15) is 0 Å². The second-order valence-electron chi connectivity index (χ2n) is 4.47. The van der Waals surface area contributed by atoms with Gasteiger partial charge in [-0.05, 0) is 20.8 Å². The quantitative estimate of drug-likeness (QED) is 0.691. The summed E-state index contributed by atoms with van der Waals surface area (Å²) in [5, 5.41) is 12.5. The Balaban J connectivity index is 2.88. The third kappa shape index (κ3) is 4.11. The number of ether oxygens (including phenoxy) is 1. The van der Waals surface area contributed by atoms with Crippen molar-refractivity contribution in [1.82, 2.24) is 0 Å². The summed E-state index contributed by atoms with van der Waals surface area (Å²) < 4.78 is 18.5. The number of hydrogen-bond donors (Lipinski definition) is 3. The maximum atomic E-state index is 13.4. The molecule has 0 aliphatic carbocycles. The van der Waals surface area contributed by atoms with Crippen LogP contribution in [0.1, 0.15) is 20.8 Å². The van der Waals surface area contributed by atoms with E-state index in [1.54, 1.807) is 20.8 Å². The minimum Gasteiger partial charge on any atom is -0.491 e. The van der Waals surface area contributed by atoms with Gasteiger partial charge in [-0.3, -0.25) is 0 Å². The van der Waals surface area contributed by atoms with Crippen molar-refractivity contribution < 1.29 is 14.2 Å². The number of halogens is 1. The lowest BCUT2D eigenvalue weighted by Crippen LogP contribution is -2.29. The van der Waals surface area contributed by atoms with Crippen molar-refractivity contribution in [1.29, 1.82) is 0 Å². The molecule has 0 saturated carbocycles. The number of nitrogen functional groups attached to an aromatic ring is 1. The Bertz CT molecular complexity index is 389. The summed E-state index contributed by atoms with van der Waals surface area (Å²) in [5.74, 6) is -0.335. The molecule has 0 radical (unpaired) electrons. The van der Waals surface area contributed by atoms with E-state index in [1.165, 1.54) is 12.1 Å². The van der Waals surface area contributed by atoms with Crippen LogP contribution >= 0.6 is 0 Å². The van der Waals surface area contributed by atoms with Gasteiger partial charge in [-0.1, -0.05) is 0 Å². The molecule has 0 aliphatic heterocycles. The fourth-order valence-electron chi connectivity index (χ4n) is 1.30. The molecule has 96 valence electrons. The fraction of sp³-hybridized carbons (Fsp3) is 0.500. The number of anilines is 2. The summed E-state index contributed by atoms with van der Waals surface area (Å²) >= 11 is 0. The van der Waals surface area contributed by atoms with Crippen molar-refractivity contribution >= 4 is 11.4 Å². The third-order valence-electron chi connectivity index (χ3n) is 2.12. The Morgan fingerprint density at radius 3 is 2.65 bits per heavy atom. The standard InChI is InChI=1S/C12H19FN2O2/c1-4-17-11-6-10(9(14)5-8(11)13)15-7-12(2,3)16/h5-6,15-16H,4,7,14H2,1-3H3. The smallest absolute Gasteiger partial charge is 0.167 e. The molecule has 0 unspecified atom stereocenters. The highest BCUT2D eigenvalue weighted by molar-refractivity contribution is 5.68. The normalized spacial score (nSPS) is 11.4. The molecule has 4 N–H and O–H groups in total. The molecule has 17 heavy (non-hydrogen) atoms. The van der Waals surface area contributed by atoms with E-state index < -0.39 is 11.4 Å². The summed E-state index contributed by atoms with van der Waals surface area (Å²) in [4.78, 5) is 0. The van der Waals surface area contributed by atoms with E-state index in [0.717, 1.165) is 0 Å². The van der Waals surface area contributed by atoms with E-state index in [4.69, 9.17) is 10.5 Å². The Hall–Kier alpha value is -1.49. The summed E-state index contributed by atoms with van der Waals surface area (Å²) in [6, 6.07) is 2.71. The first-order chi connectivity index (χ1) is 7.83. The van der Waals surface area contributed by atoms with Gasteiger partial charge in [0.25, 0.3) is 0 Å².